The van der Waals surface area contributed by atoms with E-state index in [9.17, 15) is 4.39 Å². The first-order valence-corrected chi connectivity index (χ1v) is 7.13. The fraction of sp³-hybridized carbons (Fsp3) is 0.294. The van der Waals surface area contributed by atoms with Crippen molar-refractivity contribution in [2.45, 2.75) is 19.3 Å². The molecule has 0 aliphatic heterocycles. The van der Waals surface area contributed by atoms with Gasteiger partial charge in [-0.15, -0.1) is 11.6 Å². The van der Waals surface area contributed by atoms with Gasteiger partial charge in [0.2, 0.25) is 0 Å². The second-order valence-electron chi connectivity index (χ2n) is 4.90. The summed E-state index contributed by atoms with van der Waals surface area (Å²) in [5.41, 5.74) is 2.97. The maximum absolute atomic E-state index is 14.2. The van der Waals surface area contributed by atoms with E-state index in [2.05, 4.69) is 24.3 Å². The predicted octanol–water partition coefficient (Wildman–Crippen LogP) is 4.71. The van der Waals surface area contributed by atoms with Gasteiger partial charge in [-0.2, -0.15) is 0 Å². The number of methoxy groups -OCH3 is 1. The molecule has 1 atom stereocenters. The number of hydrogen-bond donors (Lipinski definition) is 0. The maximum atomic E-state index is 14.2. The van der Waals surface area contributed by atoms with Crippen molar-refractivity contribution in [1.29, 1.82) is 0 Å². The Labute approximate surface area is 124 Å². The van der Waals surface area contributed by atoms with Gasteiger partial charge in [-0.3, -0.25) is 0 Å². The van der Waals surface area contributed by atoms with Gasteiger partial charge in [0.15, 0.2) is 11.6 Å². The molecular formula is C17H18ClFO. The highest BCUT2D eigenvalue weighted by atomic mass is 35.5. The van der Waals surface area contributed by atoms with E-state index in [0.29, 0.717) is 17.9 Å². The smallest absolute Gasteiger partial charge is 0.168 e. The Morgan fingerprint density at radius 1 is 1.15 bits per heavy atom. The van der Waals surface area contributed by atoms with Gasteiger partial charge in [0.1, 0.15) is 0 Å². The van der Waals surface area contributed by atoms with Crippen molar-refractivity contribution in [2.24, 2.45) is 0 Å². The molecule has 0 aliphatic carbocycles. The third kappa shape index (κ3) is 3.31. The summed E-state index contributed by atoms with van der Waals surface area (Å²) in [6.07, 6.45) is 0.565. The highest BCUT2D eigenvalue weighted by Crippen LogP contribution is 2.27. The van der Waals surface area contributed by atoms with E-state index in [0.717, 1.165) is 5.56 Å². The van der Waals surface area contributed by atoms with Crippen molar-refractivity contribution in [3.05, 3.63) is 65.0 Å². The zero-order valence-electron chi connectivity index (χ0n) is 11.7. The minimum atomic E-state index is -0.294. The number of rotatable bonds is 5. The third-order valence-electron chi connectivity index (χ3n) is 3.46. The summed E-state index contributed by atoms with van der Waals surface area (Å²) in [6, 6.07) is 13.4. The van der Waals surface area contributed by atoms with Crippen LogP contribution in [0, 0.1) is 12.7 Å². The molecule has 0 radical (unpaired) electrons. The first-order chi connectivity index (χ1) is 9.65. The fourth-order valence-electron chi connectivity index (χ4n) is 2.24. The molecule has 2 rings (SSSR count). The molecule has 2 aromatic carbocycles. The summed E-state index contributed by atoms with van der Waals surface area (Å²) in [5.74, 6) is 0.538. The van der Waals surface area contributed by atoms with Gasteiger partial charge in [0, 0.05) is 11.8 Å². The topological polar surface area (TPSA) is 9.23 Å². The molecule has 0 spiro atoms. The molecule has 0 heterocycles. The van der Waals surface area contributed by atoms with Gasteiger partial charge >= 0.3 is 0 Å². The predicted molar refractivity (Wildman–Crippen MR) is 81.3 cm³/mol. The Kier molecular flexibility index (Phi) is 5.02. The van der Waals surface area contributed by atoms with Crippen LogP contribution < -0.4 is 4.74 Å². The molecule has 0 saturated carbocycles. The molecule has 1 nitrogen and oxygen atoms in total. The van der Waals surface area contributed by atoms with Crippen molar-refractivity contribution in [1.82, 2.24) is 0 Å². The molecule has 106 valence electrons. The van der Waals surface area contributed by atoms with Crippen molar-refractivity contribution in [3.8, 4) is 5.75 Å². The molecule has 0 aliphatic rings. The van der Waals surface area contributed by atoms with E-state index in [1.54, 1.807) is 18.2 Å². The Bertz CT molecular complexity index is 566. The maximum Gasteiger partial charge on any atom is 0.168 e. The first kappa shape index (κ1) is 14.9. The minimum absolute atomic E-state index is 0.0962. The Balaban J connectivity index is 2.24. The fourth-order valence-corrected chi connectivity index (χ4v) is 2.52. The zero-order valence-corrected chi connectivity index (χ0v) is 12.5. The summed E-state index contributed by atoms with van der Waals surface area (Å²) < 4.78 is 19.2. The van der Waals surface area contributed by atoms with E-state index in [4.69, 9.17) is 16.3 Å². The molecule has 3 heteroatoms. The van der Waals surface area contributed by atoms with Crippen LogP contribution in [-0.2, 0) is 6.42 Å². The summed E-state index contributed by atoms with van der Waals surface area (Å²) in [5, 5.41) is 0. The first-order valence-electron chi connectivity index (χ1n) is 6.59. The lowest BCUT2D eigenvalue weighted by Crippen LogP contribution is -2.07. The normalized spacial score (nSPS) is 12.2. The lowest BCUT2D eigenvalue weighted by Gasteiger charge is -2.16. The van der Waals surface area contributed by atoms with Crippen molar-refractivity contribution >= 4 is 11.6 Å². The average Bonchev–Trinajstić information content (AvgIpc) is 2.47. The second kappa shape index (κ2) is 6.76. The Hall–Kier alpha value is -1.54. The molecule has 0 fully saturated rings. The van der Waals surface area contributed by atoms with Crippen LogP contribution >= 0.6 is 11.6 Å². The molecule has 0 amide bonds. The zero-order chi connectivity index (χ0) is 14.5. The molecule has 1 unspecified atom stereocenters. The Morgan fingerprint density at radius 3 is 2.45 bits per heavy atom. The largest absolute Gasteiger partial charge is 0.494 e. The third-order valence-corrected chi connectivity index (χ3v) is 3.84. The van der Waals surface area contributed by atoms with Gasteiger partial charge in [-0.1, -0.05) is 42.0 Å². The van der Waals surface area contributed by atoms with Crippen molar-refractivity contribution in [2.75, 3.05) is 13.0 Å². The molecule has 0 aromatic heterocycles. The van der Waals surface area contributed by atoms with Crippen LogP contribution in [0.25, 0.3) is 0 Å². The molecule has 20 heavy (non-hydrogen) atoms. The van der Waals surface area contributed by atoms with E-state index in [1.165, 1.54) is 12.7 Å². The summed E-state index contributed by atoms with van der Waals surface area (Å²) >= 11 is 6.06. The monoisotopic (exact) mass is 292 g/mol. The van der Waals surface area contributed by atoms with Crippen LogP contribution in [0.1, 0.15) is 22.6 Å². The van der Waals surface area contributed by atoms with Crippen LogP contribution in [0.5, 0.6) is 5.75 Å². The summed E-state index contributed by atoms with van der Waals surface area (Å²) in [4.78, 5) is 0. The van der Waals surface area contributed by atoms with Crippen LogP contribution in [0.3, 0.4) is 0 Å². The van der Waals surface area contributed by atoms with Gasteiger partial charge in [-0.05, 0) is 30.5 Å². The van der Waals surface area contributed by atoms with E-state index < -0.39 is 0 Å². The van der Waals surface area contributed by atoms with Gasteiger partial charge in [-0.25, -0.2) is 4.39 Å². The van der Waals surface area contributed by atoms with Gasteiger partial charge < -0.3 is 4.74 Å². The van der Waals surface area contributed by atoms with E-state index >= 15 is 0 Å². The van der Waals surface area contributed by atoms with E-state index in [1.807, 2.05) is 6.92 Å². The summed E-state index contributed by atoms with van der Waals surface area (Å²) in [6.45, 7) is 2.04. The van der Waals surface area contributed by atoms with Gasteiger partial charge in [0.25, 0.3) is 0 Å². The molecule has 0 saturated heterocycles. The number of benzene rings is 2. The van der Waals surface area contributed by atoms with Crippen molar-refractivity contribution < 1.29 is 9.13 Å². The van der Waals surface area contributed by atoms with Crippen LogP contribution in [0.2, 0.25) is 0 Å². The minimum Gasteiger partial charge on any atom is -0.494 e. The lowest BCUT2D eigenvalue weighted by atomic mass is 9.92. The number of halogens is 2. The van der Waals surface area contributed by atoms with Gasteiger partial charge in [0.05, 0.1) is 7.11 Å². The van der Waals surface area contributed by atoms with E-state index in [-0.39, 0.29) is 17.5 Å². The number of hydrogen-bond acceptors (Lipinski definition) is 1. The molecular weight excluding hydrogens is 275 g/mol. The standard InChI is InChI=1S/C17H18ClFO/c1-12-6-8-13(9-7-12)15(11-18)10-14-4-3-5-16(20-2)17(14)19/h3-9,15H,10-11H2,1-2H3. The van der Waals surface area contributed by atoms with Crippen LogP contribution in [-0.4, -0.2) is 13.0 Å². The SMILES string of the molecule is COc1cccc(CC(CCl)c2ccc(C)cc2)c1F. The highest BCUT2D eigenvalue weighted by Gasteiger charge is 2.15. The van der Waals surface area contributed by atoms with Crippen LogP contribution in [0.15, 0.2) is 42.5 Å². The average molecular weight is 293 g/mol. The van der Waals surface area contributed by atoms with Crippen LogP contribution in [0.4, 0.5) is 4.39 Å². The Morgan fingerprint density at radius 2 is 1.85 bits per heavy atom. The quantitative estimate of drug-likeness (QED) is 0.725. The number of aryl methyl sites for hydroxylation is 1. The second-order valence-corrected chi connectivity index (χ2v) is 5.21. The number of alkyl halides is 1. The van der Waals surface area contributed by atoms with Crippen molar-refractivity contribution in [3.63, 3.8) is 0 Å². The summed E-state index contributed by atoms with van der Waals surface area (Å²) in [7, 11) is 1.47. The molecule has 0 N–H and O–H groups in total. The lowest BCUT2D eigenvalue weighted by molar-refractivity contribution is 0.383. The number of ether oxygens (including phenoxy) is 1. The molecule has 0 bridgehead atoms. The molecule has 2 aromatic rings. The highest BCUT2D eigenvalue weighted by molar-refractivity contribution is 6.18.